The predicted molar refractivity (Wildman–Crippen MR) is 114 cm³/mol. The molecule has 0 aliphatic rings. The fourth-order valence-electron chi connectivity index (χ4n) is 2.58. The molecule has 1 aromatic heterocycles. The van der Waals surface area contributed by atoms with E-state index in [1.807, 2.05) is 44.1 Å². The van der Waals surface area contributed by atoms with Gasteiger partial charge in [0.2, 0.25) is 0 Å². The summed E-state index contributed by atoms with van der Waals surface area (Å²) in [5, 5.41) is 0.834. The first-order valence-corrected chi connectivity index (χ1v) is 9.84. The minimum atomic E-state index is -0.382. The van der Waals surface area contributed by atoms with E-state index in [-0.39, 0.29) is 5.63 Å². The molecule has 2 rings (SSSR count). The third-order valence-corrected chi connectivity index (χ3v) is 4.12. The van der Waals surface area contributed by atoms with Crippen LogP contribution in [-0.2, 0) is 9.53 Å². The Hall–Kier alpha value is -2.34. The number of hydrogen-bond acceptors (Lipinski definition) is 6. The average molecular weight is 392 g/mol. The van der Waals surface area contributed by atoms with E-state index in [1.165, 1.54) is 18.9 Å². The lowest BCUT2D eigenvalue weighted by Gasteiger charge is -2.13. The van der Waals surface area contributed by atoms with E-state index in [0.29, 0.717) is 24.4 Å². The van der Waals surface area contributed by atoms with Crippen LogP contribution >= 0.6 is 0 Å². The highest BCUT2D eigenvalue weighted by molar-refractivity contribution is 5.86. The molecule has 0 N–H and O–H groups in total. The predicted octanol–water partition coefficient (Wildman–Crippen LogP) is 4.43. The molecular formula is C22H33NO5. The van der Waals surface area contributed by atoms with Crippen molar-refractivity contribution in [1.82, 2.24) is 0 Å². The molecule has 0 atom stereocenters. The summed E-state index contributed by atoms with van der Waals surface area (Å²) >= 11 is 0. The molecule has 0 bridgehead atoms. The van der Waals surface area contributed by atoms with E-state index in [1.54, 1.807) is 7.11 Å². The van der Waals surface area contributed by atoms with Crippen LogP contribution < -0.4 is 15.3 Å². The number of benzene rings is 1. The number of methoxy groups -OCH3 is 1. The first-order valence-electron chi connectivity index (χ1n) is 9.84. The zero-order valence-electron chi connectivity index (χ0n) is 17.5. The van der Waals surface area contributed by atoms with Crippen LogP contribution in [0.1, 0.15) is 45.4 Å². The largest absolute Gasteiger partial charge is 0.493 e. The van der Waals surface area contributed by atoms with E-state index in [9.17, 15) is 9.59 Å². The smallest absolute Gasteiger partial charge is 0.339 e. The summed E-state index contributed by atoms with van der Waals surface area (Å²) in [6.45, 7) is 3.25. The van der Waals surface area contributed by atoms with Crippen molar-refractivity contribution in [3.63, 3.8) is 0 Å². The van der Waals surface area contributed by atoms with Crippen molar-refractivity contribution in [1.29, 1.82) is 0 Å². The number of ether oxygens (including phenoxy) is 2. The Morgan fingerprint density at radius 3 is 2.29 bits per heavy atom. The van der Waals surface area contributed by atoms with Crippen LogP contribution in [0.25, 0.3) is 11.0 Å². The lowest BCUT2D eigenvalue weighted by molar-refractivity contribution is -0.107. The Balaban J connectivity index is 0.000000892. The van der Waals surface area contributed by atoms with E-state index >= 15 is 0 Å². The number of hydrogen-bond donors (Lipinski definition) is 0. The fourth-order valence-corrected chi connectivity index (χ4v) is 2.58. The second-order valence-electron chi connectivity index (χ2n) is 6.69. The topological polar surface area (TPSA) is 69.0 Å². The van der Waals surface area contributed by atoms with E-state index in [4.69, 9.17) is 13.9 Å². The fraction of sp³-hybridized carbons (Fsp3) is 0.545. The molecule has 0 unspecified atom stereocenters. The zero-order valence-corrected chi connectivity index (χ0v) is 17.5. The second kappa shape index (κ2) is 13.8. The number of rotatable bonds is 11. The first kappa shape index (κ1) is 23.7. The molecule has 0 saturated carbocycles. The Morgan fingerprint density at radius 1 is 1.04 bits per heavy atom. The molecular weight excluding hydrogens is 358 g/mol. The van der Waals surface area contributed by atoms with Crippen LogP contribution in [0.4, 0.5) is 5.69 Å². The summed E-state index contributed by atoms with van der Waals surface area (Å²) < 4.78 is 16.2. The van der Waals surface area contributed by atoms with Gasteiger partial charge >= 0.3 is 5.63 Å². The summed E-state index contributed by atoms with van der Waals surface area (Å²) in [6, 6.07) is 7.22. The minimum Gasteiger partial charge on any atom is -0.493 e. The highest BCUT2D eigenvalue weighted by Crippen LogP contribution is 2.27. The molecule has 1 aromatic carbocycles. The molecule has 6 heteroatoms. The van der Waals surface area contributed by atoms with Crippen molar-refractivity contribution in [3.8, 4) is 5.75 Å². The molecule has 6 nitrogen and oxygen atoms in total. The monoisotopic (exact) mass is 391 g/mol. The van der Waals surface area contributed by atoms with Gasteiger partial charge in [0.25, 0.3) is 0 Å². The summed E-state index contributed by atoms with van der Waals surface area (Å²) in [7, 11) is 5.63. The molecule has 0 radical (unpaired) electrons. The van der Waals surface area contributed by atoms with Crippen molar-refractivity contribution in [2.45, 2.75) is 45.4 Å². The maximum Gasteiger partial charge on any atom is 0.339 e. The third-order valence-electron chi connectivity index (χ3n) is 4.12. The quantitative estimate of drug-likeness (QED) is 0.321. The Morgan fingerprint density at radius 2 is 1.68 bits per heavy atom. The summed E-state index contributed by atoms with van der Waals surface area (Å²) in [5.74, 6) is 0.603. The van der Waals surface area contributed by atoms with Crippen molar-refractivity contribution in [2.75, 3.05) is 39.3 Å². The minimum absolute atomic E-state index is 0.382. The molecule has 2 aromatic rings. The van der Waals surface area contributed by atoms with Gasteiger partial charge in [-0.2, -0.15) is 0 Å². The average Bonchev–Trinajstić information content (AvgIpc) is 2.69. The molecule has 0 amide bonds. The molecule has 156 valence electrons. The van der Waals surface area contributed by atoms with Gasteiger partial charge in [-0.25, -0.2) is 4.79 Å². The highest BCUT2D eigenvalue weighted by Gasteiger charge is 2.08. The van der Waals surface area contributed by atoms with Gasteiger partial charge in [-0.1, -0.05) is 26.2 Å². The normalized spacial score (nSPS) is 10.3. The number of fused-ring (bicyclic) bond motifs is 1. The van der Waals surface area contributed by atoms with Gasteiger partial charge < -0.3 is 23.6 Å². The van der Waals surface area contributed by atoms with Gasteiger partial charge in [0.1, 0.15) is 17.6 Å². The van der Waals surface area contributed by atoms with Gasteiger partial charge in [-0.05, 0) is 25.0 Å². The van der Waals surface area contributed by atoms with Crippen molar-refractivity contribution in [2.24, 2.45) is 0 Å². The lowest BCUT2D eigenvalue weighted by atomic mass is 10.1. The molecule has 0 aliphatic carbocycles. The SMILES string of the molecule is CCC=O.COCCCCCCCOc1cc(=O)oc2cc(N(C)C)ccc12. The number of carbonyl (C=O) groups excluding carboxylic acids is 1. The maximum atomic E-state index is 11.7. The lowest BCUT2D eigenvalue weighted by Crippen LogP contribution is -2.09. The van der Waals surface area contributed by atoms with Gasteiger partial charge in [0, 0.05) is 46.0 Å². The van der Waals surface area contributed by atoms with Gasteiger partial charge in [0.05, 0.1) is 18.1 Å². The Labute approximate surface area is 167 Å². The van der Waals surface area contributed by atoms with Gasteiger partial charge in [0.15, 0.2) is 0 Å². The van der Waals surface area contributed by atoms with E-state index in [2.05, 4.69) is 0 Å². The van der Waals surface area contributed by atoms with Crippen LogP contribution in [0.5, 0.6) is 5.75 Å². The van der Waals surface area contributed by atoms with Gasteiger partial charge in [-0.15, -0.1) is 0 Å². The Bertz CT molecular complexity index is 754. The number of carbonyl (C=O) groups is 1. The van der Waals surface area contributed by atoms with Crippen LogP contribution in [0.15, 0.2) is 33.5 Å². The maximum absolute atomic E-state index is 11.7. The molecule has 0 aliphatic heterocycles. The van der Waals surface area contributed by atoms with E-state index < -0.39 is 0 Å². The third kappa shape index (κ3) is 8.57. The molecule has 28 heavy (non-hydrogen) atoms. The summed E-state index contributed by atoms with van der Waals surface area (Å²) in [5.41, 5.74) is 1.16. The number of unbranched alkanes of at least 4 members (excludes halogenated alkanes) is 4. The number of aldehydes is 1. The van der Waals surface area contributed by atoms with Crippen LogP contribution in [-0.4, -0.2) is 40.7 Å². The van der Waals surface area contributed by atoms with Crippen LogP contribution in [0, 0.1) is 0 Å². The summed E-state index contributed by atoms with van der Waals surface area (Å²) in [4.78, 5) is 22.9. The molecule has 1 heterocycles. The van der Waals surface area contributed by atoms with Crippen molar-refractivity contribution < 1.29 is 18.7 Å². The van der Waals surface area contributed by atoms with Crippen molar-refractivity contribution in [3.05, 3.63) is 34.7 Å². The first-order chi connectivity index (χ1) is 13.5. The highest BCUT2D eigenvalue weighted by atomic mass is 16.5. The zero-order chi connectivity index (χ0) is 20.8. The van der Waals surface area contributed by atoms with Gasteiger partial charge in [-0.3, -0.25) is 0 Å². The number of nitrogens with zero attached hydrogens (tertiary/aromatic N) is 1. The molecule has 0 saturated heterocycles. The molecule has 0 fully saturated rings. The molecule has 0 spiro atoms. The van der Waals surface area contributed by atoms with Crippen LogP contribution in [0.2, 0.25) is 0 Å². The second-order valence-corrected chi connectivity index (χ2v) is 6.69. The van der Waals surface area contributed by atoms with E-state index in [0.717, 1.165) is 43.2 Å². The summed E-state index contributed by atoms with van der Waals surface area (Å²) in [6.07, 6.45) is 7.07. The Kier molecular flexibility index (Phi) is 11.7. The van der Waals surface area contributed by atoms with Crippen molar-refractivity contribution >= 4 is 22.9 Å². The standard InChI is InChI=1S/C19H27NO4.C3H6O/c1-20(2)15-9-10-16-17(14-19(21)24-18(16)13-15)23-12-8-6-4-5-7-11-22-3;1-2-3-4/h9-10,13-14H,4-8,11-12H2,1-3H3;3H,2H2,1H3. The van der Waals surface area contributed by atoms with Crippen LogP contribution in [0.3, 0.4) is 0 Å². The number of anilines is 1.